The van der Waals surface area contributed by atoms with Gasteiger partial charge in [-0.2, -0.15) is 13.2 Å². The van der Waals surface area contributed by atoms with E-state index in [0.717, 1.165) is 44.2 Å². The number of piperidine rings is 1. The molecule has 7 heteroatoms. The monoisotopic (exact) mass is 300 g/mol. The summed E-state index contributed by atoms with van der Waals surface area (Å²) in [6, 6.07) is 3.91. The lowest BCUT2D eigenvalue weighted by atomic mass is 10.0. The maximum atomic E-state index is 13.0. The summed E-state index contributed by atoms with van der Waals surface area (Å²) in [6.07, 6.45) is 0.327. The molecule has 0 spiro atoms. The molecule has 1 aromatic rings. The third kappa shape index (κ3) is 2.45. The van der Waals surface area contributed by atoms with E-state index in [1.165, 1.54) is 6.07 Å². The van der Waals surface area contributed by atoms with Gasteiger partial charge in [0.15, 0.2) is 0 Å². The standard InChI is InChI=1S/C14H15F3N2O2/c15-14(16,17)12-8-11(6-7-13(12)19(20)21)18-9-2-1-3-10(18)5-4-9/h6-10H,1-5H2. The van der Waals surface area contributed by atoms with Crippen LogP contribution in [-0.2, 0) is 6.18 Å². The molecule has 2 atom stereocenters. The average molecular weight is 300 g/mol. The Hall–Kier alpha value is -1.79. The molecule has 21 heavy (non-hydrogen) atoms. The molecule has 2 fully saturated rings. The molecule has 0 radical (unpaired) electrons. The third-order valence-electron chi connectivity index (χ3n) is 4.47. The second kappa shape index (κ2) is 4.89. The number of hydrogen-bond acceptors (Lipinski definition) is 3. The number of rotatable bonds is 2. The maximum absolute atomic E-state index is 13.0. The van der Waals surface area contributed by atoms with Crippen LogP contribution < -0.4 is 4.90 Å². The Morgan fingerprint density at radius 3 is 2.29 bits per heavy atom. The van der Waals surface area contributed by atoms with E-state index in [0.29, 0.717) is 5.69 Å². The fourth-order valence-electron chi connectivity index (χ4n) is 3.61. The van der Waals surface area contributed by atoms with Crippen LogP contribution in [-0.4, -0.2) is 17.0 Å². The smallest absolute Gasteiger partial charge is 0.366 e. The van der Waals surface area contributed by atoms with E-state index in [9.17, 15) is 23.3 Å². The van der Waals surface area contributed by atoms with Gasteiger partial charge in [-0.1, -0.05) is 0 Å². The van der Waals surface area contributed by atoms with Crippen LogP contribution in [0.25, 0.3) is 0 Å². The van der Waals surface area contributed by atoms with Crippen molar-refractivity contribution < 1.29 is 18.1 Å². The van der Waals surface area contributed by atoms with Gasteiger partial charge in [0.1, 0.15) is 5.56 Å². The third-order valence-corrected chi connectivity index (χ3v) is 4.47. The Kier molecular flexibility index (Phi) is 3.30. The molecule has 3 rings (SSSR count). The van der Waals surface area contributed by atoms with Crippen molar-refractivity contribution in [3.8, 4) is 0 Å². The van der Waals surface area contributed by atoms with Gasteiger partial charge in [0.05, 0.1) is 4.92 Å². The van der Waals surface area contributed by atoms with Gasteiger partial charge in [-0.25, -0.2) is 0 Å². The van der Waals surface area contributed by atoms with Crippen molar-refractivity contribution in [3.05, 3.63) is 33.9 Å². The molecular weight excluding hydrogens is 285 g/mol. The summed E-state index contributed by atoms with van der Waals surface area (Å²) in [7, 11) is 0. The highest BCUT2D eigenvalue weighted by Gasteiger charge is 2.41. The van der Waals surface area contributed by atoms with Crippen molar-refractivity contribution >= 4 is 11.4 Å². The molecule has 2 aliphatic rings. The van der Waals surface area contributed by atoms with Crippen molar-refractivity contribution in [2.45, 2.75) is 50.4 Å². The first-order chi connectivity index (χ1) is 9.88. The van der Waals surface area contributed by atoms with Crippen LogP contribution in [0.4, 0.5) is 24.5 Å². The minimum Gasteiger partial charge on any atom is -0.366 e. The van der Waals surface area contributed by atoms with E-state index < -0.39 is 22.4 Å². The molecule has 2 bridgehead atoms. The summed E-state index contributed by atoms with van der Waals surface area (Å²) in [6.45, 7) is 0. The SMILES string of the molecule is O=[N+]([O-])c1ccc(N2C3CCCC2CC3)cc1C(F)(F)F. The topological polar surface area (TPSA) is 46.4 Å². The molecule has 114 valence electrons. The predicted molar refractivity (Wildman–Crippen MR) is 71.2 cm³/mol. The van der Waals surface area contributed by atoms with Gasteiger partial charge in [0.2, 0.25) is 0 Å². The molecule has 2 heterocycles. The second-order valence-electron chi connectivity index (χ2n) is 5.68. The van der Waals surface area contributed by atoms with Crippen molar-refractivity contribution in [1.29, 1.82) is 0 Å². The Morgan fingerprint density at radius 1 is 1.14 bits per heavy atom. The molecule has 0 amide bonds. The van der Waals surface area contributed by atoms with E-state index >= 15 is 0 Å². The van der Waals surface area contributed by atoms with Gasteiger partial charge >= 0.3 is 6.18 Å². The molecule has 1 aromatic carbocycles. The Bertz CT molecular complexity index is 558. The molecule has 0 aromatic heterocycles. The van der Waals surface area contributed by atoms with Crippen molar-refractivity contribution in [2.24, 2.45) is 0 Å². The van der Waals surface area contributed by atoms with Crippen LogP contribution in [0.5, 0.6) is 0 Å². The number of anilines is 1. The number of hydrogen-bond donors (Lipinski definition) is 0. The van der Waals surface area contributed by atoms with E-state index in [-0.39, 0.29) is 12.1 Å². The number of alkyl halides is 3. The van der Waals surface area contributed by atoms with E-state index in [2.05, 4.69) is 0 Å². The van der Waals surface area contributed by atoms with Crippen LogP contribution in [0, 0.1) is 10.1 Å². The van der Waals surface area contributed by atoms with E-state index in [1.807, 2.05) is 4.90 Å². The zero-order chi connectivity index (χ0) is 15.2. The first-order valence-electron chi connectivity index (χ1n) is 7.02. The number of halogens is 3. The van der Waals surface area contributed by atoms with Gasteiger partial charge in [-0.3, -0.25) is 10.1 Å². The molecule has 2 aliphatic heterocycles. The van der Waals surface area contributed by atoms with Gasteiger partial charge in [-0.05, 0) is 44.2 Å². The summed E-state index contributed by atoms with van der Waals surface area (Å²) < 4.78 is 39.1. The summed E-state index contributed by atoms with van der Waals surface area (Å²) in [5, 5.41) is 10.8. The highest BCUT2D eigenvalue weighted by atomic mass is 19.4. The Labute approximate surface area is 119 Å². The normalized spacial score (nSPS) is 25.2. The first-order valence-corrected chi connectivity index (χ1v) is 7.02. The number of fused-ring (bicyclic) bond motifs is 2. The first kappa shape index (κ1) is 14.2. The lowest BCUT2D eigenvalue weighted by Gasteiger charge is -2.37. The van der Waals surface area contributed by atoms with Crippen molar-refractivity contribution in [3.63, 3.8) is 0 Å². The van der Waals surface area contributed by atoms with Crippen LogP contribution in [0.15, 0.2) is 18.2 Å². The molecule has 0 aliphatic carbocycles. The molecular formula is C14H15F3N2O2. The molecule has 2 saturated heterocycles. The minimum absolute atomic E-state index is 0.270. The highest BCUT2D eigenvalue weighted by molar-refractivity contribution is 5.58. The van der Waals surface area contributed by atoms with Crippen LogP contribution in [0.1, 0.15) is 37.7 Å². The average Bonchev–Trinajstić information content (AvgIpc) is 2.66. The summed E-state index contributed by atoms with van der Waals surface area (Å²) in [5.41, 5.74) is -1.58. The van der Waals surface area contributed by atoms with Gasteiger partial charge in [-0.15, -0.1) is 0 Å². The predicted octanol–water partition coefficient (Wildman–Crippen LogP) is 4.13. The summed E-state index contributed by atoms with van der Waals surface area (Å²) in [5.74, 6) is 0. The lowest BCUT2D eigenvalue weighted by Crippen LogP contribution is -2.39. The van der Waals surface area contributed by atoms with Gasteiger partial charge in [0, 0.05) is 23.8 Å². The van der Waals surface area contributed by atoms with E-state index in [4.69, 9.17) is 0 Å². The van der Waals surface area contributed by atoms with Crippen LogP contribution in [0.3, 0.4) is 0 Å². The largest absolute Gasteiger partial charge is 0.423 e. The van der Waals surface area contributed by atoms with Crippen LogP contribution in [0.2, 0.25) is 0 Å². The number of nitro groups is 1. The van der Waals surface area contributed by atoms with E-state index in [1.54, 1.807) is 0 Å². The lowest BCUT2D eigenvalue weighted by molar-refractivity contribution is -0.388. The molecule has 2 unspecified atom stereocenters. The molecule has 0 N–H and O–H groups in total. The second-order valence-corrected chi connectivity index (χ2v) is 5.68. The minimum atomic E-state index is -4.72. The number of nitrogens with zero attached hydrogens (tertiary/aromatic N) is 2. The number of nitro benzene ring substituents is 1. The fraction of sp³-hybridized carbons (Fsp3) is 0.571. The van der Waals surface area contributed by atoms with Crippen molar-refractivity contribution in [2.75, 3.05) is 4.90 Å². The van der Waals surface area contributed by atoms with Crippen molar-refractivity contribution in [1.82, 2.24) is 0 Å². The molecule has 4 nitrogen and oxygen atoms in total. The van der Waals surface area contributed by atoms with Gasteiger partial charge < -0.3 is 4.90 Å². The maximum Gasteiger partial charge on any atom is 0.423 e. The summed E-state index contributed by atoms with van der Waals surface area (Å²) >= 11 is 0. The Balaban J connectivity index is 2.03. The molecule has 0 saturated carbocycles. The van der Waals surface area contributed by atoms with Crippen LogP contribution >= 0.6 is 0 Å². The number of benzene rings is 1. The van der Waals surface area contributed by atoms with Gasteiger partial charge in [0.25, 0.3) is 5.69 Å². The summed E-state index contributed by atoms with van der Waals surface area (Å²) in [4.78, 5) is 11.8. The highest BCUT2D eigenvalue weighted by Crippen LogP contribution is 2.43. The quantitative estimate of drug-likeness (QED) is 0.609. The zero-order valence-electron chi connectivity index (χ0n) is 11.3. The Morgan fingerprint density at radius 2 is 1.76 bits per heavy atom. The fourth-order valence-corrected chi connectivity index (χ4v) is 3.61. The zero-order valence-corrected chi connectivity index (χ0v) is 11.3.